The summed E-state index contributed by atoms with van der Waals surface area (Å²) >= 11 is 0. The number of hydrogen-bond donors (Lipinski definition) is 3. The van der Waals surface area contributed by atoms with Gasteiger partial charge in [-0.2, -0.15) is 0 Å². The Morgan fingerprint density at radius 2 is 2.15 bits per heavy atom. The fraction of sp³-hybridized carbons (Fsp3) is 0.875. The molecule has 0 saturated carbocycles. The Labute approximate surface area is 75.9 Å². The monoisotopic (exact) mass is 190 g/mol. The molecule has 0 aliphatic carbocycles. The third-order valence-corrected chi connectivity index (χ3v) is 2.10. The summed E-state index contributed by atoms with van der Waals surface area (Å²) in [5, 5.41) is 26.6. The molecule has 1 heterocycles. The summed E-state index contributed by atoms with van der Waals surface area (Å²) < 4.78 is 5.14. The van der Waals surface area contributed by atoms with Gasteiger partial charge in [0.05, 0.1) is 12.2 Å². The van der Waals surface area contributed by atoms with E-state index >= 15 is 0 Å². The van der Waals surface area contributed by atoms with Crippen LogP contribution in [0.15, 0.2) is 0 Å². The molecule has 1 fully saturated rings. The molecule has 5 nitrogen and oxygen atoms in total. The number of carboxylic acids is 1. The van der Waals surface area contributed by atoms with Gasteiger partial charge < -0.3 is 20.1 Å². The molecule has 1 rings (SSSR count). The van der Waals surface area contributed by atoms with Crippen LogP contribution in [0.3, 0.4) is 0 Å². The molecule has 0 aromatic carbocycles. The Morgan fingerprint density at radius 1 is 1.46 bits per heavy atom. The topological polar surface area (TPSA) is 87.0 Å². The molecule has 3 N–H and O–H groups in total. The summed E-state index contributed by atoms with van der Waals surface area (Å²) in [6.45, 7) is -0.0519. The molecule has 5 heteroatoms. The minimum Gasteiger partial charge on any atom is -0.479 e. The van der Waals surface area contributed by atoms with Crippen molar-refractivity contribution < 1.29 is 24.9 Å². The van der Waals surface area contributed by atoms with E-state index in [0.717, 1.165) is 0 Å². The minimum atomic E-state index is -1.05. The summed E-state index contributed by atoms with van der Waals surface area (Å²) in [7, 11) is 0. The Hall–Kier alpha value is -0.650. The molecular weight excluding hydrogens is 176 g/mol. The van der Waals surface area contributed by atoms with E-state index in [1.54, 1.807) is 0 Å². The molecule has 1 aliphatic heterocycles. The van der Waals surface area contributed by atoms with Gasteiger partial charge in [0, 0.05) is 13.0 Å². The Bertz CT molecular complexity index is 181. The summed E-state index contributed by atoms with van der Waals surface area (Å²) in [5.41, 5.74) is 0. The Kier molecular flexibility index (Phi) is 3.65. The second-order valence-corrected chi connectivity index (χ2v) is 3.22. The number of aliphatic hydroxyl groups is 2. The first-order valence-electron chi connectivity index (χ1n) is 4.30. The fourth-order valence-corrected chi connectivity index (χ4v) is 1.48. The quantitative estimate of drug-likeness (QED) is 0.551. The molecular formula is C8H14O5. The summed E-state index contributed by atoms with van der Waals surface area (Å²) in [5.74, 6) is -1.05. The van der Waals surface area contributed by atoms with Crippen LogP contribution in [0.2, 0.25) is 0 Å². The largest absolute Gasteiger partial charge is 0.479 e. The first kappa shape index (κ1) is 10.4. The molecule has 13 heavy (non-hydrogen) atoms. The zero-order valence-electron chi connectivity index (χ0n) is 7.22. The van der Waals surface area contributed by atoms with Crippen molar-refractivity contribution in [1.29, 1.82) is 0 Å². The highest BCUT2D eigenvalue weighted by Gasteiger charge is 2.32. The van der Waals surface area contributed by atoms with Crippen molar-refractivity contribution in [2.75, 3.05) is 6.61 Å². The molecule has 0 amide bonds. The molecule has 0 aromatic rings. The van der Waals surface area contributed by atoms with E-state index in [-0.39, 0.29) is 19.1 Å². The maximum atomic E-state index is 10.6. The summed E-state index contributed by atoms with van der Waals surface area (Å²) in [6, 6.07) is 0. The standard InChI is InChI=1S/C8H14O5/c9-2-1-6-3-5(10)4-7(13-6)8(11)12/h5-7,9-10H,1-4H2,(H,11,12)/t5-,6+,7+/m0/s1. The van der Waals surface area contributed by atoms with E-state index in [2.05, 4.69) is 0 Å². The van der Waals surface area contributed by atoms with Crippen molar-refractivity contribution in [2.24, 2.45) is 0 Å². The average molecular weight is 190 g/mol. The van der Waals surface area contributed by atoms with Gasteiger partial charge in [-0.3, -0.25) is 0 Å². The lowest BCUT2D eigenvalue weighted by Crippen LogP contribution is -2.40. The van der Waals surface area contributed by atoms with Gasteiger partial charge in [-0.25, -0.2) is 4.79 Å². The minimum absolute atomic E-state index is 0.0519. The smallest absolute Gasteiger partial charge is 0.332 e. The average Bonchev–Trinajstić information content (AvgIpc) is 2.03. The molecule has 0 aromatic heterocycles. The van der Waals surface area contributed by atoms with Gasteiger partial charge in [0.1, 0.15) is 0 Å². The number of carbonyl (C=O) groups is 1. The van der Waals surface area contributed by atoms with Crippen LogP contribution in [-0.2, 0) is 9.53 Å². The van der Waals surface area contributed by atoms with Crippen LogP contribution in [0.25, 0.3) is 0 Å². The van der Waals surface area contributed by atoms with Crippen LogP contribution in [-0.4, -0.2) is 46.2 Å². The molecule has 0 bridgehead atoms. The van der Waals surface area contributed by atoms with E-state index in [4.69, 9.17) is 14.9 Å². The lowest BCUT2D eigenvalue weighted by Gasteiger charge is -2.30. The molecule has 0 unspecified atom stereocenters. The van der Waals surface area contributed by atoms with Crippen molar-refractivity contribution in [3.05, 3.63) is 0 Å². The number of aliphatic hydroxyl groups excluding tert-OH is 2. The second kappa shape index (κ2) is 4.55. The van der Waals surface area contributed by atoms with E-state index in [9.17, 15) is 9.90 Å². The third-order valence-electron chi connectivity index (χ3n) is 2.10. The molecule has 0 radical (unpaired) electrons. The van der Waals surface area contributed by atoms with Crippen LogP contribution in [0.5, 0.6) is 0 Å². The lowest BCUT2D eigenvalue weighted by molar-refractivity contribution is -0.167. The summed E-state index contributed by atoms with van der Waals surface area (Å²) in [4.78, 5) is 10.6. The van der Waals surface area contributed by atoms with Gasteiger partial charge in [-0.1, -0.05) is 0 Å². The Balaban J connectivity index is 2.47. The predicted octanol–water partition coefficient (Wildman–Crippen LogP) is -0.638. The zero-order valence-corrected chi connectivity index (χ0v) is 7.22. The molecule has 0 spiro atoms. The molecule has 1 saturated heterocycles. The van der Waals surface area contributed by atoms with Crippen molar-refractivity contribution in [2.45, 2.75) is 37.6 Å². The van der Waals surface area contributed by atoms with E-state index in [1.165, 1.54) is 0 Å². The number of hydrogen-bond acceptors (Lipinski definition) is 4. The summed E-state index contributed by atoms with van der Waals surface area (Å²) in [6.07, 6.45) is -0.982. The zero-order chi connectivity index (χ0) is 9.84. The van der Waals surface area contributed by atoms with Crippen molar-refractivity contribution in [3.63, 3.8) is 0 Å². The van der Waals surface area contributed by atoms with Crippen LogP contribution in [0.1, 0.15) is 19.3 Å². The van der Waals surface area contributed by atoms with Crippen LogP contribution < -0.4 is 0 Å². The van der Waals surface area contributed by atoms with Gasteiger partial charge in [-0.15, -0.1) is 0 Å². The SMILES string of the molecule is O=C(O)[C@H]1C[C@@H](O)C[C@@H](CCO)O1. The van der Waals surface area contributed by atoms with Gasteiger partial charge >= 0.3 is 5.97 Å². The molecule has 76 valence electrons. The Morgan fingerprint density at radius 3 is 2.69 bits per heavy atom. The van der Waals surface area contributed by atoms with E-state index in [0.29, 0.717) is 12.8 Å². The third kappa shape index (κ3) is 2.95. The van der Waals surface area contributed by atoms with Crippen molar-refractivity contribution >= 4 is 5.97 Å². The first-order valence-corrected chi connectivity index (χ1v) is 4.30. The number of carboxylic acid groups (broad SMARTS) is 1. The van der Waals surface area contributed by atoms with Crippen LogP contribution in [0, 0.1) is 0 Å². The highest BCUT2D eigenvalue weighted by Crippen LogP contribution is 2.21. The number of aliphatic carboxylic acids is 1. The molecule has 1 aliphatic rings. The van der Waals surface area contributed by atoms with Crippen molar-refractivity contribution in [1.82, 2.24) is 0 Å². The van der Waals surface area contributed by atoms with Gasteiger partial charge in [0.25, 0.3) is 0 Å². The van der Waals surface area contributed by atoms with E-state index in [1.807, 2.05) is 0 Å². The maximum Gasteiger partial charge on any atom is 0.332 e. The highest BCUT2D eigenvalue weighted by molar-refractivity contribution is 5.72. The van der Waals surface area contributed by atoms with E-state index < -0.39 is 18.2 Å². The maximum absolute atomic E-state index is 10.6. The lowest BCUT2D eigenvalue weighted by atomic mass is 9.99. The van der Waals surface area contributed by atoms with Gasteiger partial charge in [-0.05, 0) is 12.8 Å². The number of rotatable bonds is 3. The first-order chi connectivity index (χ1) is 6.13. The molecule has 3 atom stereocenters. The highest BCUT2D eigenvalue weighted by atomic mass is 16.5. The normalized spacial score (nSPS) is 34.5. The van der Waals surface area contributed by atoms with Crippen LogP contribution >= 0.6 is 0 Å². The van der Waals surface area contributed by atoms with Crippen molar-refractivity contribution in [3.8, 4) is 0 Å². The predicted molar refractivity (Wildman–Crippen MR) is 43.2 cm³/mol. The number of ether oxygens (including phenoxy) is 1. The van der Waals surface area contributed by atoms with Gasteiger partial charge in [0.2, 0.25) is 0 Å². The fourth-order valence-electron chi connectivity index (χ4n) is 1.48. The van der Waals surface area contributed by atoms with Gasteiger partial charge in [0.15, 0.2) is 6.10 Å². The van der Waals surface area contributed by atoms with Crippen LogP contribution in [0.4, 0.5) is 0 Å². The second-order valence-electron chi connectivity index (χ2n) is 3.22.